The Hall–Kier alpha value is -3.68. The van der Waals surface area contributed by atoms with Gasteiger partial charge in [-0.2, -0.15) is 0 Å². The van der Waals surface area contributed by atoms with Crippen LogP contribution in [0.3, 0.4) is 0 Å². The average molecular weight is 509 g/mol. The van der Waals surface area contributed by atoms with Crippen LogP contribution in [0.4, 0.5) is 4.39 Å². The number of rotatable bonds is 5. The minimum atomic E-state index is -0.377. The minimum absolute atomic E-state index is 0.377. The van der Waals surface area contributed by atoms with Gasteiger partial charge in [0.25, 0.3) is 0 Å². The Bertz CT molecular complexity index is 1210. The number of hydrogen-bond donors (Lipinski definition) is 0. The number of ether oxygens (including phenoxy) is 1. The van der Waals surface area contributed by atoms with Crippen LogP contribution in [0, 0.1) is 32.5 Å². The SMILES string of the molecule is CC.CC.CC(C)Cc1ncc(F)cn1.COc1cccc(C)c1-n1c(C)nnc1-c1cncc(C)c1. The Kier molecular flexibility index (Phi) is 13.7. The minimum Gasteiger partial charge on any atom is -0.495 e. The highest BCUT2D eigenvalue weighted by Crippen LogP contribution is 2.31. The number of aryl methyl sites for hydroxylation is 3. The molecule has 0 N–H and O–H groups in total. The Morgan fingerprint density at radius 3 is 2.14 bits per heavy atom. The molecule has 4 rings (SSSR count). The number of hydrogen-bond acceptors (Lipinski definition) is 6. The zero-order valence-corrected chi connectivity index (χ0v) is 23.9. The zero-order chi connectivity index (χ0) is 28.0. The molecule has 0 saturated heterocycles. The molecular weight excluding hydrogens is 467 g/mol. The smallest absolute Gasteiger partial charge is 0.170 e. The second kappa shape index (κ2) is 16.1. The summed E-state index contributed by atoms with van der Waals surface area (Å²) in [5.74, 6) is 3.22. The van der Waals surface area contributed by atoms with Gasteiger partial charge in [0, 0.05) is 24.4 Å². The maximum Gasteiger partial charge on any atom is 0.170 e. The van der Waals surface area contributed by atoms with Crippen LogP contribution >= 0.6 is 0 Å². The predicted octanol–water partition coefficient (Wildman–Crippen LogP) is 7.13. The van der Waals surface area contributed by atoms with Crippen molar-refractivity contribution in [3.63, 3.8) is 0 Å². The van der Waals surface area contributed by atoms with Crippen molar-refractivity contribution in [3.8, 4) is 22.8 Å². The number of nitrogens with zero attached hydrogens (tertiary/aromatic N) is 6. The van der Waals surface area contributed by atoms with Crippen molar-refractivity contribution < 1.29 is 9.13 Å². The summed E-state index contributed by atoms with van der Waals surface area (Å²) in [6.45, 7) is 18.2. The summed E-state index contributed by atoms with van der Waals surface area (Å²) in [7, 11) is 1.67. The summed E-state index contributed by atoms with van der Waals surface area (Å²) in [4.78, 5) is 11.9. The summed E-state index contributed by atoms with van der Waals surface area (Å²) in [6.07, 6.45) is 6.83. The van der Waals surface area contributed by atoms with Gasteiger partial charge in [0.15, 0.2) is 11.6 Å². The number of pyridine rings is 1. The lowest BCUT2D eigenvalue weighted by atomic mass is 10.1. The van der Waals surface area contributed by atoms with Crippen molar-refractivity contribution in [1.29, 1.82) is 0 Å². The van der Waals surface area contributed by atoms with E-state index in [9.17, 15) is 4.39 Å². The van der Waals surface area contributed by atoms with E-state index in [1.54, 1.807) is 13.3 Å². The molecule has 0 bridgehead atoms. The normalized spacial score (nSPS) is 9.84. The molecule has 1 aromatic carbocycles. The van der Waals surface area contributed by atoms with Gasteiger partial charge in [0.2, 0.25) is 0 Å². The molecule has 3 heterocycles. The summed E-state index contributed by atoms with van der Waals surface area (Å²) in [5.41, 5.74) is 4.08. The molecule has 3 aromatic heterocycles. The van der Waals surface area contributed by atoms with Gasteiger partial charge in [-0.05, 0) is 49.9 Å². The van der Waals surface area contributed by atoms with Crippen LogP contribution in [0.1, 0.15) is 64.3 Å². The van der Waals surface area contributed by atoms with Crippen molar-refractivity contribution in [3.05, 3.63) is 77.6 Å². The van der Waals surface area contributed by atoms with E-state index in [4.69, 9.17) is 4.74 Å². The monoisotopic (exact) mass is 508 g/mol. The molecule has 0 amide bonds. The van der Waals surface area contributed by atoms with E-state index in [0.717, 1.165) is 46.2 Å². The first-order valence-corrected chi connectivity index (χ1v) is 12.7. The van der Waals surface area contributed by atoms with E-state index >= 15 is 0 Å². The molecule has 0 saturated carbocycles. The molecule has 0 aliphatic heterocycles. The summed E-state index contributed by atoms with van der Waals surface area (Å²) >= 11 is 0. The predicted molar refractivity (Wildman–Crippen MR) is 149 cm³/mol. The topological polar surface area (TPSA) is 78.6 Å². The quantitative estimate of drug-likeness (QED) is 0.285. The second-order valence-electron chi connectivity index (χ2n) is 8.20. The largest absolute Gasteiger partial charge is 0.495 e. The third-order valence-corrected chi connectivity index (χ3v) is 4.87. The van der Waals surface area contributed by atoms with E-state index in [-0.39, 0.29) is 5.82 Å². The Balaban J connectivity index is 0.000000385. The lowest BCUT2D eigenvalue weighted by molar-refractivity contribution is 0.412. The van der Waals surface area contributed by atoms with E-state index in [2.05, 4.69) is 58.1 Å². The van der Waals surface area contributed by atoms with Crippen LogP contribution in [0.2, 0.25) is 0 Å². The molecule has 37 heavy (non-hydrogen) atoms. The van der Waals surface area contributed by atoms with Crippen LogP contribution in [0.15, 0.2) is 49.1 Å². The van der Waals surface area contributed by atoms with E-state index in [1.165, 1.54) is 12.4 Å². The lowest BCUT2D eigenvalue weighted by Gasteiger charge is -2.15. The van der Waals surface area contributed by atoms with Gasteiger partial charge in [-0.15, -0.1) is 10.2 Å². The maximum absolute atomic E-state index is 12.3. The van der Waals surface area contributed by atoms with Crippen molar-refractivity contribution in [2.75, 3.05) is 7.11 Å². The molecule has 0 radical (unpaired) electrons. The van der Waals surface area contributed by atoms with Crippen molar-refractivity contribution in [2.24, 2.45) is 5.92 Å². The maximum atomic E-state index is 12.3. The molecule has 7 nitrogen and oxygen atoms in total. The second-order valence-corrected chi connectivity index (χ2v) is 8.20. The number of aromatic nitrogens is 6. The molecule has 0 spiro atoms. The fourth-order valence-electron chi connectivity index (χ4n) is 3.39. The van der Waals surface area contributed by atoms with E-state index in [0.29, 0.717) is 11.7 Å². The summed E-state index contributed by atoms with van der Waals surface area (Å²) in [6, 6.07) is 8.03. The molecule has 0 atom stereocenters. The van der Waals surface area contributed by atoms with Crippen LogP contribution in [-0.2, 0) is 6.42 Å². The summed E-state index contributed by atoms with van der Waals surface area (Å²) < 4.78 is 19.8. The average Bonchev–Trinajstić information content (AvgIpc) is 3.28. The first kappa shape index (κ1) is 31.4. The molecule has 0 aliphatic carbocycles. The van der Waals surface area contributed by atoms with Crippen LogP contribution in [0.25, 0.3) is 17.1 Å². The fourth-order valence-corrected chi connectivity index (χ4v) is 3.39. The van der Waals surface area contributed by atoms with Gasteiger partial charge in [-0.3, -0.25) is 9.55 Å². The highest BCUT2D eigenvalue weighted by atomic mass is 19.1. The van der Waals surface area contributed by atoms with E-state index in [1.807, 2.05) is 64.4 Å². The summed E-state index contributed by atoms with van der Waals surface area (Å²) in [5, 5.41) is 8.58. The van der Waals surface area contributed by atoms with Gasteiger partial charge in [-0.25, -0.2) is 14.4 Å². The van der Waals surface area contributed by atoms with Crippen molar-refractivity contribution >= 4 is 0 Å². The third kappa shape index (κ3) is 9.04. The van der Waals surface area contributed by atoms with Crippen LogP contribution in [-0.4, -0.2) is 36.8 Å². The Morgan fingerprint density at radius 1 is 0.919 bits per heavy atom. The first-order chi connectivity index (χ1) is 17.8. The van der Waals surface area contributed by atoms with Crippen LogP contribution < -0.4 is 4.74 Å². The van der Waals surface area contributed by atoms with Gasteiger partial charge in [0.05, 0.1) is 25.2 Å². The number of para-hydroxylation sites is 1. The van der Waals surface area contributed by atoms with Crippen LogP contribution in [0.5, 0.6) is 5.75 Å². The van der Waals surface area contributed by atoms with Gasteiger partial charge < -0.3 is 4.74 Å². The van der Waals surface area contributed by atoms with Gasteiger partial charge in [-0.1, -0.05) is 53.7 Å². The lowest BCUT2D eigenvalue weighted by Crippen LogP contribution is -2.05. The molecule has 4 aromatic rings. The van der Waals surface area contributed by atoms with E-state index < -0.39 is 0 Å². The van der Waals surface area contributed by atoms with Crippen molar-refractivity contribution in [1.82, 2.24) is 29.7 Å². The molecule has 0 aliphatic rings. The highest BCUT2D eigenvalue weighted by molar-refractivity contribution is 5.62. The standard InChI is InChI=1S/C17H18N4O.C8H11FN2.2C2H6/c1-11-8-14(10-18-9-11)17-20-19-13(3)21(17)16-12(2)6-5-7-15(16)22-4;1-6(2)3-8-10-4-7(9)5-11-8;2*1-2/h5-10H,1-4H3;4-6H,3H2,1-2H3;2*1-2H3. The van der Waals surface area contributed by atoms with Crippen molar-refractivity contribution in [2.45, 2.75) is 68.7 Å². The molecule has 0 unspecified atom stereocenters. The Morgan fingerprint density at radius 2 is 1.57 bits per heavy atom. The highest BCUT2D eigenvalue weighted by Gasteiger charge is 2.18. The third-order valence-electron chi connectivity index (χ3n) is 4.87. The molecule has 8 heteroatoms. The van der Waals surface area contributed by atoms with Gasteiger partial charge >= 0.3 is 0 Å². The zero-order valence-electron chi connectivity index (χ0n) is 23.9. The first-order valence-electron chi connectivity index (χ1n) is 12.7. The number of benzene rings is 1. The van der Waals surface area contributed by atoms with Gasteiger partial charge in [0.1, 0.15) is 17.4 Å². The molecule has 0 fully saturated rings. The Labute approximate surface area is 221 Å². The number of methoxy groups -OCH3 is 1. The molecular formula is C29H41FN6O. The number of halogens is 1. The fraction of sp³-hybridized carbons (Fsp3) is 0.414. The molecule has 200 valence electrons.